The molecule has 112 valence electrons. The van der Waals surface area contributed by atoms with E-state index in [1.165, 1.54) is 51.4 Å². The molecule has 3 saturated carbocycles. The first-order valence-corrected chi connectivity index (χ1v) is 9.00. The quantitative estimate of drug-likeness (QED) is 0.476. The van der Waals surface area contributed by atoms with Crippen molar-refractivity contribution in [3.8, 4) is 0 Å². The smallest absolute Gasteiger partial charge is 0.00762 e. The fourth-order valence-corrected chi connectivity index (χ4v) is 7.46. The van der Waals surface area contributed by atoms with Crippen molar-refractivity contribution < 1.29 is 0 Å². The van der Waals surface area contributed by atoms with Crippen LogP contribution < -0.4 is 0 Å². The highest BCUT2D eigenvalue weighted by atomic mass is 14.7. The zero-order valence-electron chi connectivity index (χ0n) is 14.0. The number of fused-ring (bicyclic) bond motifs is 3. The van der Waals surface area contributed by atoms with Gasteiger partial charge in [0, 0.05) is 0 Å². The van der Waals surface area contributed by atoms with Crippen molar-refractivity contribution in [3.05, 3.63) is 12.2 Å². The molecule has 1 spiro atoms. The predicted octanol–water partition coefficient (Wildman–Crippen LogP) is 5.98. The monoisotopic (exact) mass is 272 g/mol. The lowest BCUT2D eigenvalue weighted by atomic mass is 9.40. The van der Waals surface area contributed by atoms with Gasteiger partial charge >= 0.3 is 0 Å². The molecule has 5 atom stereocenters. The molecule has 0 unspecified atom stereocenters. The summed E-state index contributed by atoms with van der Waals surface area (Å²) in [6, 6.07) is 0. The molecule has 3 fully saturated rings. The van der Waals surface area contributed by atoms with Crippen LogP contribution in [-0.4, -0.2) is 0 Å². The molecule has 0 N–H and O–H groups in total. The van der Waals surface area contributed by atoms with Crippen LogP contribution >= 0.6 is 0 Å². The van der Waals surface area contributed by atoms with E-state index in [0.717, 1.165) is 11.8 Å². The summed E-state index contributed by atoms with van der Waals surface area (Å²) in [5.74, 6) is 1.94. The van der Waals surface area contributed by atoms with E-state index in [-0.39, 0.29) is 0 Å². The number of allylic oxidation sites excluding steroid dienone is 2. The Hall–Kier alpha value is -0.260. The minimum atomic E-state index is 0.546. The van der Waals surface area contributed by atoms with Crippen LogP contribution in [-0.2, 0) is 0 Å². The lowest BCUT2D eigenvalue weighted by Crippen LogP contribution is -2.56. The summed E-state index contributed by atoms with van der Waals surface area (Å²) in [5.41, 5.74) is 2.34. The maximum atomic E-state index is 2.69. The first-order valence-electron chi connectivity index (χ1n) is 9.00. The van der Waals surface area contributed by atoms with Crippen LogP contribution in [0.15, 0.2) is 12.2 Å². The van der Waals surface area contributed by atoms with Gasteiger partial charge in [-0.3, -0.25) is 0 Å². The van der Waals surface area contributed by atoms with Crippen LogP contribution in [0.5, 0.6) is 0 Å². The summed E-state index contributed by atoms with van der Waals surface area (Å²) in [6.45, 7) is 10.3. The molecule has 0 aromatic heterocycles. The first-order chi connectivity index (χ1) is 9.30. The van der Waals surface area contributed by atoms with E-state index in [1.807, 2.05) is 0 Å². The molecular formula is C20H32. The van der Waals surface area contributed by atoms with Crippen LogP contribution in [0.3, 0.4) is 0 Å². The molecule has 0 aliphatic heterocycles. The summed E-state index contributed by atoms with van der Waals surface area (Å²) in [5, 5.41) is 0. The zero-order valence-corrected chi connectivity index (χ0v) is 14.0. The maximum absolute atomic E-state index is 2.69. The summed E-state index contributed by atoms with van der Waals surface area (Å²) >= 11 is 0. The Labute approximate surface area is 125 Å². The molecule has 0 radical (unpaired) electrons. The average molecular weight is 272 g/mol. The van der Waals surface area contributed by atoms with Crippen molar-refractivity contribution >= 4 is 0 Å². The Bertz CT molecular complexity index is 459. The van der Waals surface area contributed by atoms with Gasteiger partial charge in [0.25, 0.3) is 0 Å². The fraction of sp³-hybridized carbons (Fsp3) is 0.900. The number of hydrogen-bond donors (Lipinski definition) is 0. The largest absolute Gasteiger partial charge is 0.0820 e. The van der Waals surface area contributed by atoms with Gasteiger partial charge in [-0.05, 0) is 78.4 Å². The van der Waals surface area contributed by atoms with Crippen LogP contribution in [0.1, 0.15) is 79.1 Å². The number of rotatable bonds is 0. The van der Waals surface area contributed by atoms with E-state index in [1.54, 1.807) is 0 Å². The second-order valence-electron chi connectivity index (χ2n) is 9.93. The summed E-state index contributed by atoms with van der Waals surface area (Å²) in [4.78, 5) is 0. The van der Waals surface area contributed by atoms with Crippen LogP contribution in [0.4, 0.5) is 0 Å². The second-order valence-corrected chi connectivity index (χ2v) is 9.93. The Morgan fingerprint density at radius 3 is 2.35 bits per heavy atom. The SMILES string of the molecule is CC1(C)CCC[C@]2(C)[C@@H]1CC[C@@]13C=C[C@@](C)(CC[C@H]12)C3. The predicted molar refractivity (Wildman–Crippen MR) is 85.5 cm³/mol. The van der Waals surface area contributed by atoms with E-state index < -0.39 is 0 Å². The van der Waals surface area contributed by atoms with Gasteiger partial charge in [-0.25, -0.2) is 0 Å². The summed E-state index contributed by atoms with van der Waals surface area (Å²) in [6.07, 6.45) is 17.1. The first kappa shape index (κ1) is 13.4. The number of hydrogen-bond acceptors (Lipinski definition) is 0. The van der Waals surface area contributed by atoms with E-state index >= 15 is 0 Å². The molecule has 20 heavy (non-hydrogen) atoms. The topological polar surface area (TPSA) is 0 Å². The Morgan fingerprint density at radius 2 is 1.55 bits per heavy atom. The summed E-state index contributed by atoms with van der Waals surface area (Å²) in [7, 11) is 0. The van der Waals surface area contributed by atoms with Gasteiger partial charge in [0.1, 0.15) is 0 Å². The molecular weight excluding hydrogens is 240 g/mol. The molecule has 0 aromatic rings. The fourth-order valence-electron chi connectivity index (χ4n) is 7.46. The van der Waals surface area contributed by atoms with Gasteiger partial charge in [0.05, 0.1) is 0 Å². The van der Waals surface area contributed by atoms with Crippen molar-refractivity contribution in [1.82, 2.24) is 0 Å². The lowest BCUT2D eigenvalue weighted by molar-refractivity contribution is -0.139. The van der Waals surface area contributed by atoms with E-state index in [9.17, 15) is 0 Å². The molecule has 0 nitrogen and oxygen atoms in total. The highest BCUT2D eigenvalue weighted by Crippen LogP contribution is 2.71. The van der Waals surface area contributed by atoms with E-state index in [4.69, 9.17) is 0 Å². The third-order valence-electron chi connectivity index (χ3n) is 8.22. The van der Waals surface area contributed by atoms with Crippen molar-refractivity contribution in [2.24, 2.45) is 33.5 Å². The third kappa shape index (κ3) is 1.54. The van der Waals surface area contributed by atoms with Crippen LogP contribution in [0.2, 0.25) is 0 Å². The maximum Gasteiger partial charge on any atom is -0.00762 e. The highest BCUT2D eigenvalue weighted by Gasteiger charge is 2.62. The van der Waals surface area contributed by atoms with Crippen LogP contribution in [0, 0.1) is 33.5 Å². The van der Waals surface area contributed by atoms with Gasteiger partial charge < -0.3 is 0 Å². The van der Waals surface area contributed by atoms with Gasteiger partial charge in [0.2, 0.25) is 0 Å². The highest BCUT2D eigenvalue weighted by molar-refractivity contribution is 5.25. The van der Waals surface area contributed by atoms with Gasteiger partial charge in [0.15, 0.2) is 0 Å². The van der Waals surface area contributed by atoms with Crippen molar-refractivity contribution in [2.45, 2.75) is 79.1 Å². The van der Waals surface area contributed by atoms with Crippen molar-refractivity contribution in [2.75, 3.05) is 0 Å². The van der Waals surface area contributed by atoms with Crippen LogP contribution in [0.25, 0.3) is 0 Å². The average Bonchev–Trinajstić information content (AvgIpc) is 2.58. The molecule has 4 aliphatic rings. The molecule has 0 aromatic carbocycles. The van der Waals surface area contributed by atoms with Crippen molar-refractivity contribution in [1.29, 1.82) is 0 Å². The molecule has 2 bridgehead atoms. The van der Waals surface area contributed by atoms with Gasteiger partial charge in [-0.15, -0.1) is 0 Å². The molecule has 4 rings (SSSR count). The second kappa shape index (κ2) is 3.73. The normalized spacial score (nSPS) is 56.2. The molecule has 0 amide bonds. The third-order valence-corrected chi connectivity index (χ3v) is 8.22. The molecule has 0 heteroatoms. The Morgan fingerprint density at radius 1 is 0.800 bits per heavy atom. The lowest BCUT2D eigenvalue weighted by Gasteiger charge is -2.64. The Balaban J connectivity index is 1.75. The van der Waals surface area contributed by atoms with Crippen molar-refractivity contribution in [3.63, 3.8) is 0 Å². The molecule has 4 aliphatic carbocycles. The van der Waals surface area contributed by atoms with Gasteiger partial charge in [-0.2, -0.15) is 0 Å². The Kier molecular flexibility index (Phi) is 2.50. The zero-order chi connectivity index (χ0) is 14.2. The van der Waals surface area contributed by atoms with E-state index in [2.05, 4.69) is 39.8 Å². The van der Waals surface area contributed by atoms with Gasteiger partial charge in [-0.1, -0.05) is 46.3 Å². The minimum Gasteiger partial charge on any atom is -0.0820 e. The summed E-state index contributed by atoms with van der Waals surface area (Å²) < 4.78 is 0. The standard InChI is InChI=1S/C20H32/c1-17(2)8-5-9-19(4)15(17)7-11-20-13-12-18(3,14-20)10-6-16(19)20/h12-13,15-16H,5-11,14H2,1-4H3/t15-,16+,18-,19-,20+/m1/s1. The minimum absolute atomic E-state index is 0.546. The molecule has 0 heterocycles. The molecule has 0 saturated heterocycles. The van der Waals surface area contributed by atoms with E-state index in [0.29, 0.717) is 21.7 Å².